The van der Waals surface area contributed by atoms with Gasteiger partial charge in [0.25, 0.3) is 5.69 Å². The van der Waals surface area contributed by atoms with Gasteiger partial charge in [-0.25, -0.2) is 0 Å². The van der Waals surface area contributed by atoms with Crippen LogP contribution in [0.4, 0.5) is 18.9 Å². The first-order valence-electron chi connectivity index (χ1n) is 6.27. The minimum absolute atomic E-state index is 0.0347. The van der Waals surface area contributed by atoms with E-state index in [2.05, 4.69) is 0 Å². The third-order valence-electron chi connectivity index (χ3n) is 2.94. The zero-order chi connectivity index (χ0) is 18.1. The van der Waals surface area contributed by atoms with Crippen molar-refractivity contribution in [1.29, 1.82) is 5.41 Å². The summed E-state index contributed by atoms with van der Waals surface area (Å²) in [5.74, 6) is -0.592. The lowest BCUT2D eigenvalue weighted by Gasteiger charge is -2.12. The molecule has 10 heteroatoms. The monoisotopic (exact) mass is 359 g/mol. The number of benzene rings is 2. The van der Waals surface area contributed by atoms with Crippen LogP contribution in [0.3, 0.4) is 0 Å². The number of nitrogens with one attached hydrogen (secondary N) is 1. The van der Waals surface area contributed by atoms with Crippen molar-refractivity contribution in [2.75, 3.05) is 0 Å². The number of nitrogen functional groups attached to an aromatic ring is 1. The van der Waals surface area contributed by atoms with Crippen LogP contribution >= 0.6 is 11.6 Å². The molecule has 3 N–H and O–H groups in total. The quantitative estimate of drug-likeness (QED) is 0.367. The van der Waals surface area contributed by atoms with Gasteiger partial charge in [0.2, 0.25) is 0 Å². The summed E-state index contributed by atoms with van der Waals surface area (Å²) in [7, 11) is 0. The summed E-state index contributed by atoms with van der Waals surface area (Å²) in [5.41, 5.74) is 3.77. The van der Waals surface area contributed by atoms with Crippen LogP contribution in [-0.2, 0) is 6.18 Å². The molecule has 126 valence electrons. The van der Waals surface area contributed by atoms with E-state index in [1.165, 1.54) is 6.07 Å². The average molecular weight is 360 g/mol. The highest BCUT2D eigenvalue weighted by Crippen LogP contribution is 2.37. The number of nitrogens with zero attached hydrogens (tertiary/aromatic N) is 1. The number of hydrogen-bond acceptors (Lipinski definition) is 4. The van der Waals surface area contributed by atoms with Gasteiger partial charge in [-0.1, -0.05) is 11.6 Å². The Hall–Kier alpha value is -2.81. The summed E-state index contributed by atoms with van der Waals surface area (Å²) < 4.78 is 43.1. The maximum Gasteiger partial charge on any atom is 0.416 e. The molecule has 0 saturated heterocycles. The van der Waals surface area contributed by atoms with Gasteiger partial charge < -0.3 is 10.5 Å². The van der Waals surface area contributed by atoms with E-state index in [1.54, 1.807) is 0 Å². The predicted molar refractivity (Wildman–Crippen MR) is 80.6 cm³/mol. The van der Waals surface area contributed by atoms with Gasteiger partial charge in [0, 0.05) is 6.07 Å². The normalized spacial score (nSPS) is 11.2. The van der Waals surface area contributed by atoms with Crippen molar-refractivity contribution >= 4 is 23.1 Å². The molecule has 0 spiro atoms. The van der Waals surface area contributed by atoms with E-state index < -0.39 is 28.2 Å². The fraction of sp³-hybridized carbons (Fsp3) is 0.0714. The molecular weight excluding hydrogens is 351 g/mol. The molecule has 0 aliphatic heterocycles. The van der Waals surface area contributed by atoms with Crippen LogP contribution in [0.2, 0.25) is 5.02 Å². The molecule has 2 rings (SSSR count). The number of nitro benzene ring substituents is 1. The van der Waals surface area contributed by atoms with Crippen molar-refractivity contribution < 1.29 is 22.8 Å². The van der Waals surface area contributed by atoms with Crippen molar-refractivity contribution in [2.45, 2.75) is 6.18 Å². The molecule has 0 heterocycles. The van der Waals surface area contributed by atoms with E-state index in [-0.39, 0.29) is 22.1 Å². The molecular formula is C14H9ClF3N3O3. The summed E-state index contributed by atoms with van der Waals surface area (Å²) in [6, 6.07) is 5.95. The Bertz CT molecular complexity index is 825. The highest BCUT2D eigenvalue weighted by Gasteiger charge is 2.31. The molecule has 0 unspecified atom stereocenters. The summed E-state index contributed by atoms with van der Waals surface area (Å²) >= 11 is 5.77. The fourth-order valence-corrected chi connectivity index (χ4v) is 2.06. The Labute approximate surface area is 138 Å². The topological polar surface area (TPSA) is 102 Å². The molecule has 0 fully saturated rings. The molecule has 0 saturated carbocycles. The zero-order valence-corrected chi connectivity index (χ0v) is 12.5. The lowest BCUT2D eigenvalue weighted by molar-refractivity contribution is -0.385. The van der Waals surface area contributed by atoms with Crippen LogP contribution in [0.25, 0.3) is 0 Å². The zero-order valence-electron chi connectivity index (χ0n) is 11.7. The SMILES string of the molecule is N=C(N)c1cc(Oc2ccc(C(F)(F)F)cc2Cl)ccc1[N+](=O)[O-]. The largest absolute Gasteiger partial charge is 0.456 e. The minimum Gasteiger partial charge on any atom is -0.456 e. The van der Waals surface area contributed by atoms with Gasteiger partial charge >= 0.3 is 6.18 Å². The molecule has 2 aromatic rings. The van der Waals surface area contributed by atoms with Crippen molar-refractivity contribution in [3.63, 3.8) is 0 Å². The van der Waals surface area contributed by atoms with Crippen molar-refractivity contribution in [3.05, 3.63) is 62.7 Å². The number of ether oxygens (including phenoxy) is 1. The number of alkyl halides is 3. The Balaban J connectivity index is 2.37. The minimum atomic E-state index is -4.54. The number of hydrogen-bond donors (Lipinski definition) is 2. The van der Waals surface area contributed by atoms with Crippen LogP contribution in [0.15, 0.2) is 36.4 Å². The van der Waals surface area contributed by atoms with Gasteiger partial charge in [-0.3, -0.25) is 15.5 Å². The molecule has 24 heavy (non-hydrogen) atoms. The van der Waals surface area contributed by atoms with Gasteiger partial charge in [-0.05, 0) is 30.3 Å². The van der Waals surface area contributed by atoms with E-state index in [1.807, 2.05) is 0 Å². The van der Waals surface area contributed by atoms with E-state index in [0.717, 1.165) is 24.3 Å². The molecule has 2 aromatic carbocycles. The van der Waals surface area contributed by atoms with E-state index in [0.29, 0.717) is 6.07 Å². The van der Waals surface area contributed by atoms with Crippen LogP contribution in [0.1, 0.15) is 11.1 Å². The first-order chi connectivity index (χ1) is 11.1. The van der Waals surface area contributed by atoms with Crippen molar-refractivity contribution in [1.82, 2.24) is 0 Å². The molecule has 0 bridgehead atoms. The summed E-state index contributed by atoms with van der Waals surface area (Å²) in [5, 5.41) is 17.9. The van der Waals surface area contributed by atoms with Crippen LogP contribution in [0, 0.1) is 15.5 Å². The third-order valence-corrected chi connectivity index (χ3v) is 3.24. The molecule has 0 amide bonds. The highest BCUT2D eigenvalue weighted by atomic mass is 35.5. The van der Waals surface area contributed by atoms with Gasteiger partial charge in [0.1, 0.15) is 17.3 Å². The smallest absolute Gasteiger partial charge is 0.416 e. The van der Waals surface area contributed by atoms with Gasteiger partial charge in [-0.2, -0.15) is 13.2 Å². The van der Waals surface area contributed by atoms with Gasteiger partial charge in [0.15, 0.2) is 0 Å². The van der Waals surface area contributed by atoms with Crippen molar-refractivity contribution in [3.8, 4) is 11.5 Å². The maximum atomic E-state index is 12.6. The van der Waals surface area contributed by atoms with Crippen molar-refractivity contribution in [2.24, 2.45) is 5.73 Å². The van der Waals surface area contributed by atoms with Crippen LogP contribution < -0.4 is 10.5 Å². The first-order valence-corrected chi connectivity index (χ1v) is 6.65. The number of amidine groups is 1. The predicted octanol–water partition coefficient (Wildman–Crippen LogP) is 4.34. The van der Waals surface area contributed by atoms with Crippen LogP contribution in [-0.4, -0.2) is 10.8 Å². The summed E-state index contributed by atoms with van der Waals surface area (Å²) in [4.78, 5) is 10.1. The first kappa shape index (κ1) is 17.5. The number of nitrogens with two attached hydrogens (primary N) is 1. The third kappa shape index (κ3) is 3.74. The lowest BCUT2D eigenvalue weighted by Crippen LogP contribution is -2.13. The second-order valence-corrected chi connectivity index (χ2v) is 5.00. The van der Waals surface area contributed by atoms with E-state index in [4.69, 9.17) is 27.5 Å². The molecule has 6 nitrogen and oxygen atoms in total. The summed E-state index contributed by atoms with van der Waals surface area (Å²) in [6.45, 7) is 0. The molecule has 0 radical (unpaired) electrons. The number of rotatable bonds is 4. The van der Waals surface area contributed by atoms with Gasteiger partial charge in [0.05, 0.1) is 21.1 Å². The number of halogens is 4. The Morgan fingerprint density at radius 2 is 1.92 bits per heavy atom. The Kier molecular flexibility index (Phi) is 4.65. The average Bonchev–Trinajstić information content (AvgIpc) is 2.47. The summed E-state index contributed by atoms with van der Waals surface area (Å²) in [6.07, 6.45) is -4.54. The molecule has 0 atom stereocenters. The second kappa shape index (κ2) is 6.36. The van der Waals surface area contributed by atoms with E-state index in [9.17, 15) is 23.3 Å². The van der Waals surface area contributed by atoms with E-state index >= 15 is 0 Å². The molecule has 0 aromatic heterocycles. The number of nitro groups is 1. The molecule has 0 aliphatic rings. The second-order valence-electron chi connectivity index (χ2n) is 4.59. The Morgan fingerprint density at radius 3 is 2.42 bits per heavy atom. The highest BCUT2D eigenvalue weighted by molar-refractivity contribution is 6.32. The molecule has 0 aliphatic carbocycles. The Morgan fingerprint density at radius 1 is 1.25 bits per heavy atom. The maximum absolute atomic E-state index is 12.6. The lowest BCUT2D eigenvalue weighted by atomic mass is 10.1. The van der Waals surface area contributed by atoms with Crippen LogP contribution in [0.5, 0.6) is 11.5 Å². The van der Waals surface area contributed by atoms with Gasteiger partial charge in [-0.15, -0.1) is 0 Å². The fourth-order valence-electron chi connectivity index (χ4n) is 1.84. The standard InChI is InChI=1S/C14H9ClF3N3O3/c15-10-5-7(14(16,17)18)1-4-12(10)24-8-2-3-11(21(22)23)9(6-8)13(19)20/h1-6H,(H3,19,20).